The molecule has 1 amide bonds. The van der Waals surface area contributed by atoms with Gasteiger partial charge in [-0.25, -0.2) is 9.97 Å². The van der Waals surface area contributed by atoms with Gasteiger partial charge in [-0.05, 0) is 19.3 Å². The zero-order valence-corrected chi connectivity index (χ0v) is 10.2. The lowest BCUT2D eigenvalue weighted by atomic mass is 10.3. The van der Waals surface area contributed by atoms with Crippen molar-refractivity contribution in [2.45, 2.75) is 31.7 Å². The maximum atomic E-state index is 11.4. The number of nitrogens with one attached hydrogen (secondary N) is 2. The Morgan fingerprint density at radius 1 is 1.41 bits per heavy atom. The number of hydrogen-bond donors (Lipinski definition) is 2. The Hall–Kier alpha value is -1.36. The maximum absolute atomic E-state index is 11.4. The summed E-state index contributed by atoms with van der Waals surface area (Å²) in [6.45, 7) is 0.680. The number of nitrogens with zero attached hydrogens (tertiary/aromatic N) is 2. The predicted molar refractivity (Wildman–Crippen MR) is 65.9 cm³/mol. The first-order valence-corrected chi connectivity index (χ1v) is 6.12. The quantitative estimate of drug-likeness (QED) is 0.757. The smallest absolute Gasteiger partial charge is 0.222 e. The van der Waals surface area contributed by atoms with E-state index in [1.807, 2.05) is 0 Å². The van der Waals surface area contributed by atoms with Gasteiger partial charge in [-0.1, -0.05) is 11.6 Å². The van der Waals surface area contributed by atoms with Crippen molar-refractivity contribution in [3.8, 4) is 0 Å². The number of halogens is 1. The molecular formula is C11H15ClN4O. The van der Waals surface area contributed by atoms with Crippen LogP contribution in [0.1, 0.15) is 25.7 Å². The first-order chi connectivity index (χ1) is 8.24. The van der Waals surface area contributed by atoms with Gasteiger partial charge in [-0.3, -0.25) is 4.79 Å². The van der Waals surface area contributed by atoms with Gasteiger partial charge in [0.15, 0.2) is 0 Å². The summed E-state index contributed by atoms with van der Waals surface area (Å²) in [7, 11) is 0. The Bertz CT molecular complexity index is 378. The molecule has 1 fully saturated rings. The molecule has 0 aliphatic heterocycles. The minimum absolute atomic E-state index is 0.131. The van der Waals surface area contributed by atoms with Gasteiger partial charge < -0.3 is 10.6 Å². The summed E-state index contributed by atoms with van der Waals surface area (Å²) in [6, 6.07) is 0.440. The van der Waals surface area contributed by atoms with Crippen LogP contribution < -0.4 is 10.6 Å². The second kappa shape index (κ2) is 5.82. The number of carbonyl (C=O) groups excluding carboxylic acids is 1. The summed E-state index contributed by atoms with van der Waals surface area (Å²) < 4.78 is 0. The van der Waals surface area contributed by atoms with Crippen molar-refractivity contribution in [3.63, 3.8) is 0 Å². The second-order valence-electron chi connectivity index (χ2n) is 4.10. The third-order valence-electron chi connectivity index (χ3n) is 2.43. The van der Waals surface area contributed by atoms with Gasteiger partial charge in [-0.2, -0.15) is 0 Å². The zero-order valence-electron chi connectivity index (χ0n) is 9.45. The van der Waals surface area contributed by atoms with E-state index in [2.05, 4.69) is 20.6 Å². The van der Waals surface area contributed by atoms with E-state index in [1.165, 1.54) is 12.4 Å². The molecule has 92 valence electrons. The molecule has 17 heavy (non-hydrogen) atoms. The van der Waals surface area contributed by atoms with Crippen LogP contribution in [0.2, 0.25) is 5.02 Å². The molecule has 1 aromatic heterocycles. The van der Waals surface area contributed by atoms with Crippen LogP contribution in [0.15, 0.2) is 12.4 Å². The molecule has 0 atom stereocenters. The molecular weight excluding hydrogens is 240 g/mol. The van der Waals surface area contributed by atoms with Crippen molar-refractivity contribution in [3.05, 3.63) is 17.4 Å². The Morgan fingerprint density at radius 2 is 2.12 bits per heavy atom. The van der Waals surface area contributed by atoms with Crippen LogP contribution in [0.4, 0.5) is 5.95 Å². The number of carbonyl (C=O) groups is 1. The highest BCUT2D eigenvalue weighted by molar-refractivity contribution is 6.30. The van der Waals surface area contributed by atoms with Gasteiger partial charge in [0.2, 0.25) is 11.9 Å². The van der Waals surface area contributed by atoms with Gasteiger partial charge in [0.1, 0.15) is 0 Å². The van der Waals surface area contributed by atoms with Crippen LogP contribution in [-0.4, -0.2) is 28.5 Å². The molecule has 6 heteroatoms. The fraction of sp³-hybridized carbons (Fsp3) is 0.545. The predicted octanol–water partition coefficient (Wildman–Crippen LogP) is 1.60. The molecule has 0 aromatic carbocycles. The highest BCUT2D eigenvalue weighted by Crippen LogP contribution is 2.18. The molecule has 0 radical (unpaired) electrons. The third kappa shape index (κ3) is 4.56. The lowest BCUT2D eigenvalue weighted by Gasteiger charge is -2.05. The van der Waals surface area contributed by atoms with E-state index in [0.29, 0.717) is 30.0 Å². The lowest BCUT2D eigenvalue weighted by Crippen LogP contribution is -2.25. The van der Waals surface area contributed by atoms with Crippen LogP contribution >= 0.6 is 11.6 Å². The highest BCUT2D eigenvalue weighted by atomic mass is 35.5. The zero-order chi connectivity index (χ0) is 12.1. The molecule has 0 bridgehead atoms. The molecule has 0 unspecified atom stereocenters. The van der Waals surface area contributed by atoms with Gasteiger partial charge in [0.05, 0.1) is 17.4 Å². The Kier molecular flexibility index (Phi) is 4.14. The van der Waals surface area contributed by atoms with Crippen LogP contribution in [0.5, 0.6) is 0 Å². The Labute approximate surface area is 105 Å². The monoisotopic (exact) mass is 254 g/mol. The van der Waals surface area contributed by atoms with E-state index in [0.717, 1.165) is 19.3 Å². The average molecular weight is 255 g/mol. The summed E-state index contributed by atoms with van der Waals surface area (Å²) >= 11 is 5.66. The minimum Gasteiger partial charge on any atom is -0.354 e. The summed E-state index contributed by atoms with van der Waals surface area (Å²) in [4.78, 5) is 19.4. The molecule has 1 aliphatic rings. The number of aromatic nitrogens is 2. The molecule has 5 nitrogen and oxygen atoms in total. The summed E-state index contributed by atoms with van der Waals surface area (Å²) in [5.74, 6) is 0.670. The SMILES string of the molecule is O=C(CCCNc1ncc(Cl)cn1)NC1CC1. The van der Waals surface area contributed by atoms with E-state index in [1.54, 1.807) is 0 Å². The number of hydrogen-bond acceptors (Lipinski definition) is 4. The number of amides is 1. The maximum Gasteiger partial charge on any atom is 0.222 e. The van der Waals surface area contributed by atoms with Crippen LogP contribution in [0, 0.1) is 0 Å². The number of rotatable bonds is 6. The van der Waals surface area contributed by atoms with Crippen molar-refractivity contribution in [1.29, 1.82) is 0 Å². The molecule has 1 aromatic rings. The van der Waals surface area contributed by atoms with Crippen molar-refractivity contribution >= 4 is 23.5 Å². The lowest BCUT2D eigenvalue weighted by molar-refractivity contribution is -0.121. The topological polar surface area (TPSA) is 66.9 Å². The van der Waals surface area contributed by atoms with E-state index in [-0.39, 0.29) is 5.91 Å². The van der Waals surface area contributed by atoms with E-state index < -0.39 is 0 Å². The van der Waals surface area contributed by atoms with E-state index >= 15 is 0 Å². The first-order valence-electron chi connectivity index (χ1n) is 5.75. The van der Waals surface area contributed by atoms with Crippen LogP contribution in [0.25, 0.3) is 0 Å². The Morgan fingerprint density at radius 3 is 2.76 bits per heavy atom. The first kappa shape index (κ1) is 12.1. The molecule has 0 spiro atoms. The molecule has 1 saturated carbocycles. The third-order valence-corrected chi connectivity index (χ3v) is 2.62. The van der Waals surface area contributed by atoms with Crippen molar-refractivity contribution in [1.82, 2.24) is 15.3 Å². The minimum atomic E-state index is 0.131. The summed E-state index contributed by atoms with van der Waals surface area (Å²) in [6.07, 6.45) is 6.64. The van der Waals surface area contributed by atoms with Gasteiger partial charge in [0.25, 0.3) is 0 Å². The fourth-order valence-electron chi connectivity index (χ4n) is 1.38. The largest absolute Gasteiger partial charge is 0.354 e. The molecule has 2 rings (SSSR count). The summed E-state index contributed by atoms with van der Waals surface area (Å²) in [5, 5.41) is 6.49. The van der Waals surface area contributed by atoms with Crippen molar-refractivity contribution < 1.29 is 4.79 Å². The fourth-order valence-corrected chi connectivity index (χ4v) is 1.48. The highest BCUT2D eigenvalue weighted by Gasteiger charge is 2.22. The van der Waals surface area contributed by atoms with E-state index in [4.69, 9.17) is 11.6 Å². The second-order valence-corrected chi connectivity index (χ2v) is 4.53. The molecule has 0 saturated heterocycles. The average Bonchev–Trinajstić information content (AvgIpc) is 3.11. The molecule has 2 N–H and O–H groups in total. The van der Waals surface area contributed by atoms with Crippen molar-refractivity contribution in [2.24, 2.45) is 0 Å². The standard InChI is InChI=1S/C11H15ClN4O/c12-8-6-14-11(15-7-8)13-5-1-2-10(17)16-9-3-4-9/h6-7,9H,1-5H2,(H,16,17)(H,13,14,15). The van der Waals surface area contributed by atoms with Crippen molar-refractivity contribution in [2.75, 3.05) is 11.9 Å². The number of anilines is 1. The van der Waals surface area contributed by atoms with Gasteiger partial charge in [-0.15, -0.1) is 0 Å². The molecule has 1 heterocycles. The van der Waals surface area contributed by atoms with Crippen LogP contribution in [0.3, 0.4) is 0 Å². The van der Waals surface area contributed by atoms with Gasteiger partial charge in [0, 0.05) is 19.0 Å². The normalized spacial score (nSPS) is 14.4. The molecule has 1 aliphatic carbocycles. The van der Waals surface area contributed by atoms with Crippen LogP contribution in [-0.2, 0) is 4.79 Å². The Balaban J connectivity index is 1.59. The summed E-state index contributed by atoms with van der Waals surface area (Å²) in [5.41, 5.74) is 0. The van der Waals surface area contributed by atoms with E-state index in [9.17, 15) is 4.79 Å². The van der Waals surface area contributed by atoms with Gasteiger partial charge >= 0.3 is 0 Å².